The standard InChI is InChI=1S/C21H26N2O.C12H25N3.C2H2.CH4O/c1-3-23(16-18-9-4-7-13-21(18)24-2)14-8-10-17-15-22-20-12-6-5-11-19(17)20;13-6-11-14-9-4-12(5-10-14)15-7-2-1-3-8-15;2*1-2/h4-7,9,11-13,15,22H,3,8,10,14,16H2,1-2H3;12H,1-11,13H2;1-2H;2H,1H3. The van der Waals surface area contributed by atoms with Crippen LogP contribution in [0.1, 0.15) is 56.6 Å². The van der Waals surface area contributed by atoms with Crippen molar-refractivity contribution in [3.63, 3.8) is 0 Å². The second kappa shape index (κ2) is 21.8. The van der Waals surface area contributed by atoms with Crippen LogP contribution < -0.4 is 10.5 Å². The van der Waals surface area contributed by atoms with Crippen molar-refractivity contribution in [3.05, 3.63) is 65.9 Å². The van der Waals surface area contributed by atoms with E-state index < -0.39 is 0 Å². The number of aryl methyl sites for hydroxylation is 1. The van der Waals surface area contributed by atoms with Gasteiger partial charge in [-0.3, -0.25) is 4.90 Å². The number of ether oxygens (including phenoxy) is 1. The average molecular weight is 592 g/mol. The maximum Gasteiger partial charge on any atom is 0.123 e. The third-order valence-electron chi connectivity index (χ3n) is 8.54. The first kappa shape index (κ1) is 36.3. The molecule has 3 aromatic rings. The highest BCUT2D eigenvalue weighted by Crippen LogP contribution is 2.22. The minimum absolute atomic E-state index is 0.814. The monoisotopic (exact) mass is 591 g/mol. The summed E-state index contributed by atoms with van der Waals surface area (Å²) in [5.74, 6) is 0.979. The van der Waals surface area contributed by atoms with Crippen LogP contribution in [0.15, 0.2) is 54.7 Å². The van der Waals surface area contributed by atoms with E-state index in [1.54, 1.807) is 7.11 Å². The van der Waals surface area contributed by atoms with Gasteiger partial charge < -0.3 is 30.4 Å². The van der Waals surface area contributed by atoms with Gasteiger partial charge in [-0.05, 0) is 95.5 Å². The summed E-state index contributed by atoms with van der Waals surface area (Å²) >= 11 is 0. The lowest BCUT2D eigenvalue weighted by atomic mass is 10.00. The number of para-hydroxylation sites is 2. The van der Waals surface area contributed by atoms with Crippen LogP contribution in [-0.2, 0) is 13.0 Å². The van der Waals surface area contributed by atoms with Crippen molar-refractivity contribution in [2.24, 2.45) is 5.73 Å². The number of rotatable bonds is 11. The molecule has 4 N–H and O–H groups in total. The van der Waals surface area contributed by atoms with Gasteiger partial charge in [-0.1, -0.05) is 49.7 Å². The Morgan fingerprint density at radius 3 is 2.30 bits per heavy atom. The molecule has 2 aliphatic rings. The number of nitrogens with zero attached hydrogens (tertiary/aromatic N) is 3. The molecule has 0 spiro atoms. The molecule has 0 amide bonds. The predicted octanol–water partition coefficient (Wildman–Crippen LogP) is 5.38. The molecule has 2 fully saturated rings. The molecule has 0 saturated carbocycles. The SMILES string of the molecule is C#C.CCN(CCCc1c[nH]c2ccccc12)Cc1ccccc1OC.CO.NCCN1CCC(N2CCCCC2)CC1. The van der Waals surface area contributed by atoms with Crippen molar-refractivity contribution in [1.82, 2.24) is 19.7 Å². The summed E-state index contributed by atoms with van der Waals surface area (Å²) in [5.41, 5.74) is 9.49. The Hall–Kier alpha value is -2.86. The minimum atomic E-state index is 0.814. The van der Waals surface area contributed by atoms with Crippen LogP contribution in [0.4, 0.5) is 0 Å². The number of H-pyrrole nitrogens is 1. The summed E-state index contributed by atoms with van der Waals surface area (Å²) in [6.07, 6.45) is 19.4. The molecule has 5 rings (SSSR count). The summed E-state index contributed by atoms with van der Waals surface area (Å²) in [5, 5.41) is 8.35. The fraction of sp³-hybridized carbons (Fsp3) is 0.556. The number of hydrogen-bond acceptors (Lipinski definition) is 6. The van der Waals surface area contributed by atoms with Crippen molar-refractivity contribution in [2.75, 3.05) is 66.6 Å². The van der Waals surface area contributed by atoms with E-state index in [1.165, 1.54) is 80.3 Å². The molecule has 3 heterocycles. The van der Waals surface area contributed by atoms with Crippen LogP contribution in [0.5, 0.6) is 5.75 Å². The molecule has 7 heteroatoms. The van der Waals surface area contributed by atoms with Gasteiger partial charge in [0.1, 0.15) is 5.75 Å². The quantitative estimate of drug-likeness (QED) is 0.260. The van der Waals surface area contributed by atoms with E-state index >= 15 is 0 Å². The highest BCUT2D eigenvalue weighted by Gasteiger charge is 2.24. The second-order valence-corrected chi connectivity index (χ2v) is 11.1. The van der Waals surface area contributed by atoms with Gasteiger partial charge in [-0.2, -0.15) is 0 Å². The van der Waals surface area contributed by atoms with Gasteiger partial charge in [0, 0.05) is 55.4 Å². The number of nitrogens with two attached hydrogens (primary N) is 1. The summed E-state index contributed by atoms with van der Waals surface area (Å²) in [6, 6.07) is 17.7. The highest BCUT2D eigenvalue weighted by molar-refractivity contribution is 5.82. The topological polar surface area (TPSA) is 81.0 Å². The minimum Gasteiger partial charge on any atom is -0.496 e. The van der Waals surface area contributed by atoms with Crippen molar-refractivity contribution in [2.45, 2.75) is 64.5 Å². The summed E-state index contributed by atoms with van der Waals surface area (Å²) < 4.78 is 5.47. The van der Waals surface area contributed by atoms with E-state index in [0.29, 0.717) is 0 Å². The van der Waals surface area contributed by atoms with Crippen LogP contribution in [-0.4, -0.2) is 97.4 Å². The Labute approximate surface area is 261 Å². The van der Waals surface area contributed by atoms with Gasteiger partial charge in [0.05, 0.1) is 7.11 Å². The molecule has 238 valence electrons. The number of terminal acetylenes is 1. The molecule has 2 aromatic carbocycles. The van der Waals surface area contributed by atoms with Gasteiger partial charge in [-0.25, -0.2) is 0 Å². The molecule has 0 aliphatic carbocycles. The zero-order chi connectivity index (χ0) is 31.3. The van der Waals surface area contributed by atoms with E-state index in [1.807, 2.05) is 12.1 Å². The third-order valence-corrected chi connectivity index (χ3v) is 8.54. The van der Waals surface area contributed by atoms with Crippen LogP contribution in [0.2, 0.25) is 0 Å². The molecular weight excluding hydrogens is 534 g/mol. The van der Waals surface area contributed by atoms with Crippen LogP contribution in [0.3, 0.4) is 0 Å². The lowest BCUT2D eigenvalue weighted by Crippen LogP contribution is -2.47. The first-order valence-electron chi connectivity index (χ1n) is 16.1. The molecule has 0 unspecified atom stereocenters. The zero-order valence-electron chi connectivity index (χ0n) is 27.0. The Morgan fingerprint density at radius 1 is 0.953 bits per heavy atom. The van der Waals surface area contributed by atoms with Crippen molar-refractivity contribution < 1.29 is 9.84 Å². The number of fused-ring (bicyclic) bond motifs is 1. The predicted molar refractivity (Wildman–Crippen MR) is 183 cm³/mol. The van der Waals surface area contributed by atoms with Gasteiger partial charge in [0.15, 0.2) is 0 Å². The Kier molecular flexibility index (Phi) is 18.4. The van der Waals surface area contributed by atoms with Gasteiger partial charge >= 0.3 is 0 Å². The van der Waals surface area contributed by atoms with E-state index in [2.05, 4.69) is 82.0 Å². The first-order valence-corrected chi connectivity index (χ1v) is 16.1. The highest BCUT2D eigenvalue weighted by atomic mass is 16.5. The average Bonchev–Trinajstić information content (AvgIpc) is 3.50. The zero-order valence-corrected chi connectivity index (χ0v) is 27.0. The Balaban J connectivity index is 0.000000292. The molecule has 2 aliphatic heterocycles. The molecule has 43 heavy (non-hydrogen) atoms. The van der Waals surface area contributed by atoms with E-state index in [0.717, 1.165) is 64.5 Å². The number of likely N-dealkylation sites (tertiary alicyclic amines) is 2. The van der Waals surface area contributed by atoms with Crippen LogP contribution in [0, 0.1) is 12.8 Å². The van der Waals surface area contributed by atoms with Crippen molar-refractivity contribution >= 4 is 10.9 Å². The number of aromatic amines is 1. The van der Waals surface area contributed by atoms with Gasteiger partial charge in [0.25, 0.3) is 0 Å². The number of hydrogen-bond donors (Lipinski definition) is 3. The lowest BCUT2D eigenvalue weighted by Gasteiger charge is -2.40. The number of aliphatic hydroxyl groups excluding tert-OH is 1. The summed E-state index contributed by atoms with van der Waals surface area (Å²) in [4.78, 5) is 11.1. The second-order valence-electron chi connectivity index (χ2n) is 11.1. The Bertz CT molecular complexity index is 1130. The van der Waals surface area contributed by atoms with Crippen molar-refractivity contribution in [1.29, 1.82) is 0 Å². The summed E-state index contributed by atoms with van der Waals surface area (Å²) in [7, 11) is 2.74. The number of aromatic nitrogens is 1. The fourth-order valence-corrected chi connectivity index (χ4v) is 6.23. The number of aliphatic hydroxyl groups is 1. The maximum atomic E-state index is 7.00. The molecule has 2 saturated heterocycles. The van der Waals surface area contributed by atoms with E-state index in [9.17, 15) is 0 Å². The summed E-state index contributed by atoms with van der Waals surface area (Å²) in [6.45, 7) is 12.4. The van der Waals surface area contributed by atoms with E-state index in [-0.39, 0.29) is 0 Å². The number of benzene rings is 2. The van der Waals surface area contributed by atoms with Crippen LogP contribution >= 0.6 is 0 Å². The maximum absolute atomic E-state index is 7.00. The largest absolute Gasteiger partial charge is 0.496 e. The molecule has 0 radical (unpaired) electrons. The molecule has 7 nitrogen and oxygen atoms in total. The lowest BCUT2D eigenvalue weighted by molar-refractivity contribution is 0.0939. The van der Waals surface area contributed by atoms with Crippen molar-refractivity contribution in [3.8, 4) is 18.6 Å². The number of methoxy groups -OCH3 is 1. The molecular formula is C36H57N5O2. The normalized spacial score (nSPS) is 15.9. The number of piperidine rings is 2. The molecule has 0 atom stereocenters. The van der Waals surface area contributed by atoms with Gasteiger partial charge in [-0.15, -0.1) is 12.8 Å². The molecule has 0 bridgehead atoms. The van der Waals surface area contributed by atoms with Gasteiger partial charge in [0.2, 0.25) is 0 Å². The third kappa shape index (κ3) is 12.0. The van der Waals surface area contributed by atoms with Crippen LogP contribution in [0.25, 0.3) is 10.9 Å². The van der Waals surface area contributed by atoms with E-state index in [4.69, 9.17) is 15.6 Å². The Morgan fingerprint density at radius 2 is 1.63 bits per heavy atom. The smallest absolute Gasteiger partial charge is 0.123 e. The molecule has 1 aromatic heterocycles. The fourth-order valence-electron chi connectivity index (χ4n) is 6.23. The number of nitrogens with one attached hydrogen (secondary N) is 1. The first-order chi connectivity index (χ1) is 21.2.